The van der Waals surface area contributed by atoms with Crippen molar-refractivity contribution in [3.63, 3.8) is 0 Å². The third kappa shape index (κ3) is 10.6. The SMILES string of the molecule is CCSCCC(C)NCCCSC. The largest absolute Gasteiger partial charge is 0.314 e. The van der Waals surface area contributed by atoms with Gasteiger partial charge < -0.3 is 5.32 Å². The minimum atomic E-state index is 0.695. The number of hydrogen-bond donors (Lipinski definition) is 1. The molecule has 3 heteroatoms. The second-order valence-electron chi connectivity index (χ2n) is 3.19. The molecule has 1 unspecified atom stereocenters. The number of hydrogen-bond acceptors (Lipinski definition) is 3. The predicted molar refractivity (Wildman–Crippen MR) is 68.1 cm³/mol. The van der Waals surface area contributed by atoms with Gasteiger partial charge in [-0.3, -0.25) is 0 Å². The highest BCUT2D eigenvalue weighted by Gasteiger charge is 1.99. The van der Waals surface area contributed by atoms with Crippen molar-refractivity contribution < 1.29 is 0 Å². The summed E-state index contributed by atoms with van der Waals surface area (Å²) in [6.45, 7) is 5.69. The van der Waals surface area contributed by atoms with Gasteiger partial charge in [-0.05, 0) is 49.8 Å². The normalized spacial score (nSPS) is 13.2. The van der Waals surface area contributed by atoms with Crippen LogP contribution in [-0.4, -0.2) is 36.1 Å². The van der Waals surface area contributed by atoms with Gasteiger partial charge >= 0.3 is 0 Å². The van der Waals surface area contributed by atoms with Gasteiger partial charge in [0.1, 0.15) is 0 Å². The van der Waals surface area contributed by atoms with Crippen molar-refractivity contribution in [1.82, 2.24) is 5.32 Å². The summed E-state index contributed by atoms with van der Waals surface area (Å²) in [6, 6.07) is 0.695. The molecule has 0 spiro atoms. The van der Waals surface area contributed by atoms with Crippen molar-refractivity contribution >= 4 is 23.5 Å². The van der Waals surface area contributed by atoms with E-state index in [9.17, 15) is 0 Å². The zero-order chi connectivity index (χ0) is 9.94. The average molecular weight is 221 g/mol. The Labute approximate surface area is 91.8 Å². The highest BCUT2D eigenvalue weighted by Crippen LogP contribution is 2.03. The van der Waals surface area contributed by atoms with E-state index in [0.717, 1.165) is 0 Å². The van der Waals surface area contributed by atoms with E-state index in [-0.39, 0.29) is 0 Å². The Morgan fingerprint density at radius 3 is 2.69 bits per heavy atom. The van der Waals surface area contributed by atoms with Gasteiger partial charge in [0.05, 0.1) is 0 Å². The van der Waals surface area contributed by atoms with E-state index in [2.05, 4.69) is 25.4 Å². The van der Waals surface area contributed by atoms with Crippen LogP contribution in [0.4, 0.5) is 0 Å². The Bertz CT molecular complexity index is 98.9. The highest BCUT2D eigenvalue weighted by atomic mass is 32.2. The molecule has 0 radical (unpaired) electrons. The molecule has 13 heavy (non-hydrogen) atoms. The second kappa shape index (κ2) is 10.7. The van der Waals surface area contributed by atoms with Crippen LogP contribution in [0, 0.1) is 0 Å². The average Bonchev–Trinajstić information content (AvgIpc) is 2.13. The minimum absolute atomic E-state index is 0.695. The van der Waals surface area contributed by atoms with Crippen molar-refractivity contribution in [1.29, 1.82) is 0 Å². The van der Waals surface area contributed by atoms with Gasteiger partial charge in [-0.15, -0.1) is 0 Å². The van der Waals surface area contributed by atoms with Crippen LogP contribution in [0.5, 0.6) is 0 Å². The molecular weight excluding hydrogens is 198 g/mol. The van der Waals surface area contributed by atoms with Crippen LogP contribution in [0.2, 0.25) is 0 Å². The van der Waals surface area contributed by atoms with Crippen LogP contribution in [0.15, 0.2) is 0 Å². The summed E-state index contributed by atoms with van der Waals surface area (Å²) in [5.74, 6) is 3.83. The third-order valence-electron chi connectivity index (χ3n) is 1.92. The van der Waals surface area contributed by atoms with Crippen molar-refractivity contribution in [2.45, 2.75) is 32.7 Å². The Kier molecular flexibility index (Phi) is 11.3. The summed E-state index contributed by atoms with van der Waals surface area (Å²) in [6.07, 6.45) is 4.77. The first kappa shape index (κ1) is 13.7. The van der Waals surface area contributed by atoms with Gasteiger partial charge in [0.25, 0.3) is 0 Å². The summed E-state index contributed by atoms with van der Waals surface area (Å²) in [5.41, 5.74) is 0. The lowest BCUT2D eigenvalue weighted by Gasteiger charge is -2.12. The van der Waals surface area contributed by atoms with Crippen LogP contribution in [0.3, 0.4) is 0 Å². The van der Waals surface area contributed by atoms with Crippen molar-refractivity contribution in [3.05, 3.63) is 0 Å². The van der Waals surface area contributed by atoms with E-state index < -0.39 is 0 Å². The lowest BCUT2D eigenvalue weighted by molar-refractivity contribution is 0.537. The van der Waals surface area contributed by atoms with Crippen molar-refractivity contribution in [2.24, 2.45) is 0 Å². The molecule has 0 aliphatic heterocycles. The molecule has 0 aromatic heterocycles. The van der Waals surface area contributed by atoms with Gasteiger partial charge in [0.2, 0.25) is 0 Å². The molecule has 0 aromatic rings. The lowest BCUT2D eigenvalue weighted by Crippen LogP contribution is -2.27. The molecule has 0 fully saturated rings. The molecule has 0 aliphatic rings. The zero-order valence-corrected chi connectivity index (χ0v) is 10.8. The maximum atomic E-state index is 3.55. The summed E-state index contributed by atoms with van der Waals surface area (Å²) in [5, 5.41) is 3.55. The summed E-state index contributed by atoms with van der Waals surface area (Å²) < 4.78 is 0. The standard InChI is InChI=1S/C10H23NS2/c1-4-13-9-6-10(2)11-7-5-8-12-3/h10-11H,4-9H2,1-3H3. The molecule has 1 nitrogen and oxygen atoms in total. The predicted octanol–water partition coefficient (Wildman–Crippen LogP) is 2.86. The molecule has 0 saturated heterocycles. The molecule has 80 valence electrons. The molecular formula is C10H23NS2. The van der Waals surface area contributed by atoms with Crippen LogP contribution in [0.25, 0.3) is 0 Å². The maximum absolute atomic E-state index is 3.55. The number of thioether (sulfide) groups is 2. The smallest absolute Gasteiger partial charge is 0.00465 e. The summed E-state index contributed by atoms with van der Waals surface area (Å²) in [7, 11) is 0. The minimum Gasteiger partial charge on any atom is -0.314 e. The van der Waals surface area contributed by atoms with Crippen molar-refractivity contribution in [3.8, 4) is 0 Å². The third-order valence-corrected chi connectivity index (χ3v) is 3.55. The molecule has 0 rings (SSSR count). The molecule has 0 amide bonds. The molecule has 0 heterocycles. The van der Waals surface area contributed by atoms with E-state index in [1.807, 2.05) is 23.5 Å². The summed E-state index contributed by atoms with van der Waals surface area (Å²) >= 11 is 3.97. The molecule has 0 bridgehead atoms. The number of nitrogens with one attached hydrogen (secondary N) is 1. The Morgan fingerprint density at radius 1 is 1.31 bits per heavy atom. The van der Waals surface area contributed by atoms with Gasteiger partial charge in [-0.25, -0.2) is 0 Å². The molecule has 1 atom stereocenters. The first-order valence-electron chi connectivity index (χ1n) is 5.11. The van der Waals surface area contributed by atoms with E-state index in [1.54, 1.807) is 0 Å². The highest BCUT2D eigenvalue weighted by molar-refractivity contribution is 7.99. The molecule has 0 saturated carbocycles. The van der Waals surface area contributed by atoms with E-state index in [0.29, 0.717) is 6.04 Å². The fourth-order valence-electron chi connectivity index (χ4n) is 1.07. The fraction of sp³-hybridized carbons (Fsp3) is 1.00. The van der Waals surface area contributed by atoms with E-state index >= 15 is 0 Å². The van der Waals surface area contributed by atoms with Crippen LogP contribution in [-0.2, 0) is 0 Å². The van der Waals surface area contributed by atoms with Crippen LogP contribution >= 0.6 is 23.5 Å². The van der Waals surface area contributed by atoms with Crippen molar-refractivity contribution in [2.75, 3.05) is 30.1 Å². The fourth-order valence-corrected chi connectivity index (χ4v) is 2.31. The van der Waals surface area contributed by atoms with Gasteiger partial charge in [0.15, 0.2) is 0 Å². The van der Waals surface area contributed by atoms with Crippen LogP contribution in [0.1, 0.15) is 26.7 Å². The topological polar surface area (TPSA) is 12.0 Å². The summed E-state index contributed by atoms with van der Waals surface area (Å²) in [4.78, 5) is 0. The molecule has 0 aliphatic carbocycles. The second-order valence-corrected chi connectivity index (χ2v) is 5.57. The maximum Gasteiger partial charge on any atom is 0.00465 e. The first-order chi connectivity index (χ1) is 6.31. The van der Waals surface area contributed by atoms with E-state index in [4.69, 9.17) is 0 Å². The van der Waals surface area contributed by atoms with Gasteiger partial charge in [-0.2, -0.15) is 23.5 Å². The van der Waals surface area contributed by atoms with Gasteiger partial charge in [0, 0.05) is 6.04 Å². The monoisotopic (exact) mass is 221 g/mol. The Morgan fingerprint density at radius 2 is 2.08 bits per heavy atom. The lowest BCUT2D eigenvalue weighted by atomic mass is 10.2. The Hall–Kier alpha value is 0.660. The van der Waals surface area contributed by atoms with Gasteiger partial charge in [-0.1, -0.05) is 6.92 Å². The Balaban J connectivity index is 3.05. The molecule has 0 aromatic carbocycles. The van der Waals surface area contributed by atoms with Crippen LogP contribution < -0.4 is 5.32 Å². The quantitative estimate of drug-likeness (QED) is 0.601. The zero-order valence-electron chi connectivity index (χ0n) is 9.14. The molecule has 1 N–H and O–H groups in total. The number of rotatable bonds is 9. The first-order valence-corrected chi connectivity index (χ1v) is 7.66. The van der Waals surface area contributed by atoms with E-state index in [1.165, 1.54) is 36.6 Å².